The molecule has 4 unspecified atom stereocenters. The van der Waals surface area contributed by atoms with E-state index in [0.717, 1.165) is 40.8 Å². The van der Waals surface area contributed by atoms with Crippen molar-refractivity contribution in [1.29, 1.82) is 0 Å². The van der Waals surface area contributed by atoms with E-state index >= 15 is 0 Å². The van der Waals surface area contributed by atoms with Crippen molar-refractivity contribution in [2.45, 2.75) is 45.0 Å². The molecule has 34 heavy (non-hydrogen) atoms. The number of anilines is 2. The van der Waals surface area contributed by atoms with Crippen LogP contribution >= 0.6 is 27.5 Å². The second-order valence-electron chi connectivity index (χ2n) is 10.3. The van der Waals surface area contributed by atoms with Crippen molar-refractivity contribution < 1.29 is 9.50 Å². The van der Waals surface area contributed by atoms with Gasteiger partial charge in [-0.2, -0.15) is 0 Å². The van der Waals surface area contributed by atoms with Crippen LogP contribution in [0.1, 0.15) is 38.4 Å². The van der Waals surface area contributed by atoms with E-state index in [1.54, 1.807) is 0 Å². The molecule has 3 nitrogen and oxygen atoms in total. The lowest BCUT2D eigenvalue weighted by Crippen LogP contribution is -2.64. The van der Waals surface area contributed by atoms with Gasteiger partial charge in [0.2, 0.25) is 0 Å². The molecule has 0 spiro atoms. The number of rotatable bonds is 3. The fourth-order valence-corrected chi connectivity index (χ4v) is 6.17. The summed E-state index contributed by atoms with van der Waals surface area (Å²) in [5, 5.41) is 12.0. The summed E-state index contributed by atoms with van der Waals surface area (Å²) in [4.78, 5) is 4.75. The van der Waals surface area contributed by atoms with Gasteiger partial charge in [-0.15, -0.1) is 0 Å². The predicted molar refractivity (Wildman–Crippen MR) is 141 cm³/mol. The minimum Gasteiger partial charge on any atom is -0.393 e. The van der Waals surface area contributed by atoms with E-state index in [1.807, 2.05) is 36.4 Å². The summed E-state index contributed by atoms with van der Waals surface area (Å²) in [5.41, 5.74) is 3.14. The maximum atomic E-state index is 13.9. The maximum Gasteiger partial charge on any atom is 0.128 e. The molecule has 1 saturated heterocycles. The Balaban J connectivity index is 1.70. The lowest BCUT2D eigenvalue weighted by Gasteiger charge is -2.59. The number of hydrogen-bond acceptors (Lipinski definition) is 3. The molecular formula is C28H29BrClFN2O. The van der Waals surface area contributed by atoms with E-state index in [-0.39, 0.29) is 29.4 Å². The van der Waals surface area contributed by atoms with Crippen molar-refractivity contribution in [1.82, 2.24) is 0 Å². The Hall–Kier alpha value is -2.08. The quantitative estimate of drug-likeness (QED) is 0.372. The first kappa shape index (κ1) is 23.7. The summed E-state index contributed by atoms with van der Waals surface area (Å²) < 4.78 is 14.9. The van der Waals surface area contributed by atoms with Crippen LogP contribution in [0.4, 0.5) is 15.8 Å². The standard InChI is InChI=1S/C28H29BrClFN2O/c1-28(2)15-25-24(26(34)16-28)17-32(22-11-7-20(30)8-12-22)27(18-3-5-19(29)6-4-18)33(25)23-13-9-21(31)10-14-23/h3-14,24-27,34H,15-17H2,1-2H3. The van der Waals surface area contributed by atoms with Crippen LogP contribution in [0, 0.1) is 17.2 Å². The molecule has 178 valence electrons. The molecule has 2 aliphatic rings. The third-order valence-corrected chi connectivity index (χ3v) is 8.07. The number of benzene rings is 3. The van der Waals surface area contributed by atoms with Crippen LogP contribution in [0.3, 0.4) is 0 Å². The lowest BCUT2D eigenvalue weighted by molar-refractivity contribution is -0.00720. The highest BCUT2D eigenvalue weighted by atomic mass is 79.9. The van der Waals surface area contributed by atoms with Gasteiger partial charge in [0, 0.05) is 39.4 Å². The van der Waals surface area contributed by atoms with Gasteiger partial charge in [-0.25, -0.2) is 4.39 Å². The Bertz CT molecular complexity index is 1140. The van der Waals surface area contributed by atoms with Gasteiger partial charge < -0.3 is 14.9 Å². The number of aliphatic hydroxyl groups excluding tert-OH is 1. The van der Waals surface area contributed by atoms with Crippen LogP contribution in [0.2, 0.25) is 5.02 Å². The summed E-state index contributed by atoms with van der Waals surface area (Å²) in [6.45, 7) is 5.19. The van der Waals surface area contributed by atoms with Crippen molar-refractivity contribution in [2.24, 2.45) is 11.3 Å². The first-order valence-corrected chi connectivity index (χ1v) is 12.9. The van der Waals surface area contributed by atoms with E-state index in [9.17, 15) is 9.50 Å². The van der Waals surface area contributed by atoms with Crippen LogP contribution in [-0.4, -0.2) is 23.8 Å². The van der Waals surface area contributed by atoms with Crippen LogP contribution in [0.15, 0.2) is 77.3 Å². The Morgan fingerprint density at radius 3 is 2.18 bits per heavy atom. The number of fused-ring (bicyclic) bond motifs is 1. The molecule has 4 atom stereocenters. The van der Waals surface area contributed by atoms with Gasteiger partial charge >= 0.3 is 0 Å². The van der Waals surface area contributed by atoms with Crippen LogP contribution in [0.5, 0.6) is 0 Å². The van der Waals surface area contributed by atoms with Gasteiger partial charge in [0.25, 0.3) is 0 Å². The van der Waals surface area contributed by atoms with Crippen molar-refractivity contribution in [2.75, 3.05) is 16.3 Å². The molecule has 0 radical (unpaired) electrons. The second kappa shape index (κ2) is 9.18. The summed E-state index contributed by atoms with van der Waals surface area (Å²) >= 11 is 9.78. The molecule has 0 aromatic heterocycles. The van der Waals surface area contributed by atoms with E-state index in [4.69, 9.17) is 11.6 Å². The zero-order valence-electron chi connectivity index (χ0n) is 19.3. The Morgan fingerprint density at radius 2 is 1.53 bits per heavy atom. The van der Waals surface area contributed by atoms with Gasteiger partial charge in [0.05, 0.1) is 6.10 Å². The number of nitrogens with zero attached hydrogens (tertiary/aromatic N) is 2. The van der Waals surface area contributed by atoms with Gasteiger partial charge in [-0.05, 0) is 84.5 Å². The van der Waals surface area contributed by atoms with Gasteiger partial charge in [0.15, 0.2) is 0 Å². The molecule has 1 aliphatic heterocycles. The smallest absolute Gasteiger partial charge is 0.128 e. The molecular weight excluding hydrogens is 515 g/mol. The van der Waals surface area contributed by atoms with Crippen molar-refractivity contribution in [3.05, 3.63) is 93.7 Å². The minimum atomic E-state index is -0.419. The van der Waals surface area contributed by atoms with Crippen molar-refractivity contribution in [3.8, 4) is 0 Å². The zero-order valence-corrected chi connectivity index (χ0v) is 21.7. The normalized spacial score (nSPS) is 26.3. The number of aliphatic hydroxyl groups is 1. The minimum absolute atomic E-state index is 0.00553. The molecule has 5 rings (SSSR count). The summed E-state index contributed by atoms with van der Waals surface area (Å²) in [5.74, 6) is -0.198. The summed E-state index contributed by atoms with van der Waals surface area (Å²) in [7, 11) is 0. The molecule has 3 aromatic rings. The molecule has 1 N–H and O–H groups in total. The van der Waals surface area contributed by atoms with Crippen LogP contribution in [0.25, 0.3) is 0 Å². The summed E-state index contributed by atoms with van der Waals surface area (Å²) in [6, 6.07) is 23.2. The molecule has 0 amide bonds. The Kier molecular flexibility index (Phi) is 6.38. The van der Waals surface area contributed by atoms with E-state index in [2.05, 4.69) is 63.8 Å². The van der Waals surface area contributed by atoms with Crippen LogP contribution < -0.4 is 9.80 Å². The highest BCUT2D eigenvalue weighted by molar-refractivity contribution is 9.10. The fraction of sp³-hybridized carbons (Fsp3) is 0.357. The first-order chi connectivity index (χ1) is 16.2. The van der Waals surface area contributed by atoms with E-state index in [0.29, 0.717) is 5.02 Å². The van der Waals surface area contributed by atoms with Crippen molar-refractivity contribution >= 4 is 38.9 Å². The fourth-order valence-electron chi connectivity index (χ4n) is 5.78. The van der Waals surface area contributed by atoms with Crippen molar-refractivity contribution in [3.63, 3.8) is 0 Å². The summed E-state index contributed by atoms with van der Waals surface area (Å²) in [6.07, 6.45) is 1.18. The third-order valence-electron chi connectivity index (χ3n) is 7.29. The predicted octanol–water partition coefficient (Wildman–Crippen LogP) is 7.43. The highest BCUT2D eigenvalue weighted by Gasteiger charge is 2.50. The first-order valence-electron chi connectivity index (χ1n) is 11.7. The number of hydrogen-bond donors (Lipinski definition) is 1. The zero-order chi connectivity index (χ0) is 24.0. The molecule has 1 saturated carbocycles. The lowest BCUT2D eigenvalue weighted by atomic mass is 9.66. The molecule has 2 fully saturated rings. The maximum absolute atomic E-state index is 13.9. The molecule has 1 aliphatic carbocycles. The monoisotopic (exact) mass is 542 g/mol. The molecule has 0 bridgehead atoms. The van der Waals surface area contributed by atoms with E-state index < -0.39 is 6.10 Å². The van der Waals surface area contributed by atoms with Gasteiger partial charge in [-0.1, -0.05) is 53.5 Å². The largest absolute Gasteiger partial charge is 0.393 e. The SMILES string of the molecule is CC1(C)CC(O)C2CN(c3ccc(Cl)cc3)C(c3ccc(Br)cc3)N(c3ccc(F)cc3)C2C1. The third kappa shape index (κ3) is 4.58. The average molecular weight is 544 g/mol. The molecule has 1 heterocycles. The Morgan fingerprint density at radius 1 is 0.912 bits per heavy atom. The van der Waals surface area contributed by atoms with Crippen LogP contribution in [-0.2, 0) is 0 Å². The topological polar surface area (TPSA) is 26.7 Å². The van der Waals surface area contributed by atoms with Gasteiger partial charge in [-0.3, -0.25) is 0 Å². The molecule has 6 heteroatoms. The second-order valence-corrected chi connectivity index (χ2v) is 11.7. The average Bonchev–Trinajstić information content (AvgIpc) is 2.79. The number of halogens is 3. The highest BCUT2D eigenvalue weighted by Crippen LogP contribution is 2.49. The molecule has 3 aromatic carbocycles. The Labute approximate surface area is 214 Å². The van der Waals surface area contributed by atoms with E-state index in [1.165, 1.54) is 12.1 Å². The van der Waals surface area contributed by atoms with Gasteiger partial charge in [0.1, 0.15) is 12.0 Å².